The van der Waals surface area contributed by atoms with Crippen LogP contribution in [-0.2, 0) is 4.79 Å². The maximum atomic E-state index is 12.8. The summed E-state index contributed by atoms with van der Waals surface area (Å²) in [7, 11) is 0. The van der Waals surface area contributed by atoms with E-state index >= 15 is 0 Å². The summed E-state index contributed by atoms with van der Waals surface area (Å²) in [6, 6.07) is 10.0. The number of fused-ring (bicyclic) bond motifs is 2. The fourth-order valence-corrected chi connectivity index (χ4v) is 4.70. The lowest BCUT2D eigenvalue weighted by Gasteiger charge is -2.26. The van der Waals surface area contributed by atoms with Gasteiger partial charge in [0.05, 0.1) is 0 Å². The van der Waals surface area contributed by atoms with Crippen LogP contribution in [0, 0.1) is 17.8 Å². The van der Waals surface area contributed by atoms with Crippen molar-refractivity contribution in [1.82, 2.24) is 10.2 Å². The maximum Gasteiger partial charge on any atom is 0.253 e. The number of aliphatic imine (C=N–C) groups is 1. The number of hydrogen-bond acceptors (Lipinski definition) is 3. The van der Waals surface area contributed by atoms with Crippen LogP contribution < -0.4 is 5.32 Å². The third-order valence-electron chi connectivity index (χ3n) is 5.63. The van der Waals surface area contributed by atoms with Gasteiger partial charge in [0.2, 0.25) is 0 Å². The van der Waals surface area contributed by atoms with Gasteiger partial charge in [-0.2, -0.15) is 0 Å². The molecule has 23 heavy (non-hydrogen) atoms. The topological polar surface area (TPSA) is 44.7 Å². The Kier molecular flexibility index (Phi) is 3.52. The number of hydrogen-bond donors (Lipinski definition) is 1. The van der Waals surface area contributed by atoms with Crippen LogP contribution in [0.5, 0.6) is 0 Å². The Bertz CT molecular complexity index is 639. The predicted octanol–water partition coefficient (Wildman–Crippen LogP) is 2.30. The third kappa shape index (κ3) is 2.40. The number of nitrogens with zero attached hydrogens (tertiary/aromatic N) is 2. The zero-order valence-electron chi connectivity index (χ0n) is 14.0. The van der Waals surface area contributed by atoms with Gasteiger partial charge in [0, 0.05) is 31.1 Å². The van der Waals surface area contributed by atoms with Gasteiger partial charge in [-0.3, -0.25) is 9.79 Å². The Morgan fingerprint density at radius 3 is 2.83 bits per heavy atom. The maximum absolute atomic E-state index is 12.8. The molecule has 0 unspecified atom stereocenters. The summed E-state index contributed by atoms with van der Waals surface area (Å²) >= 11 is 0. The highest BCUT2D eigenvalue weighted by molar-refractivity contribution is 6.15. The van der Waals surface area contributed by atoms with E-state index in [0.29, 0.717) is 17.8 Å². The molecule has 2 fully saturated rings. The Balaban J connectivity index is 1.61. The largest absolute Gasteiger partial charge is 0.308 e. The Hall–Kier alpha value is -1.68. The predicted molar refractivity (Wildman–Crippen MR) is 91.3 cm³/mol. The Morgan fingerprint density at radius 1 is 1.30 bits per heavy atom. The minimum absolute atomic E-state index is 0.121. The molecule has 3 atom stereocenters. The lowest BCUT2D eigenvalue weighted by molar-refractivity contribution is -0.125. The van der Waals surface area contributed by atoms with Crippen molar-refractivity contribution in [1.29, 1.82) is 0 Å². The SMILES string of the molecule is CC(C)CN1C[C@@H]2CC[C@]3(N=C(c4ccccc4)NC3=O)[C@@H]2C1. The first-order valence-electron chi connectivity index (χ1n) is 8.77. The van der Waals surface area contributed by atoms with Crippen LogP contribution in [0.4, 0.5) is 0 Å². The van der Waals surface area contributed by atoms with Crippen molar-refractivity contribution in [2.45, 2.75) is 32.2 Å². The van der Waals surface area contributed by atoms with E-state index in [1.165, 1.54) is 0 Å². The molecule has 1 saturated heterocycles. The van der Waals surface area contributed by atoms with E-state index < -0.39 is 5.54 Å². The number of nitrogens with one attached hydrogen (secondary N) is 1. The van der Waals surface area contributed by atoms with Crippen LogP contribution in [0.2, 0.25) is 0 Å². The first-order valence-corrected chi connectivity index (χ1v) is 8.77. The molecule has 1 aromatic carbocycles. The Morgan fingerprint density at radius 2 is 2.09 bits per heavy atom. The fraction of sp³-hybridized carbons (Fsp3) is 0.579. The van der Waals surface area contributed by atoms with Crippen molar-refractivity contribution >= 4 is 11.7 Å². The highest BCUT2D eigenvalue weighted by Crippen LogP contribution is 2.49. The molecular formula is C19H25N3O. The summed E-state index contributed by atoms with van der Waals surface area (Å²) in [4.78, 5) is 20.3. The van der Waals surface area contributed by atoms with Gasteiger partial charge < -0.3 is 10.2 Å². The van der Waals surface area contributed by atoms with Crippen molar-refractivity contribution in [2.24, 2.45) is 22.7 Å². The molecule has 122 valence electrons. The molecule has 0 radical (unpaired) electrons. The molecule has 1 aliphatic carbocycles. The van der Waals surface area contributed by atoms with Crippen molar-refractivity contribution in [3.63, 3.8) is 0 Å². The summed E-state index contributed by atoms with van der Waals surface area (Å²) in [5.74, 6) is 2.56. The minimum Gasteiger partial charge on any atom is -0.308 e. The number of carbonyl (C=O) groups is 1. The number of likely N-dealkylation sites (tertiary alicyclic amines) is 1. The lowest BCUT2D eigenvalue weighted by atomic mass is 9.85. The fourth-order valence-electron chi connectivity index (χ4n) is 4.70. The molecule has 0 bridgehead atoms. The van der Waals surface area contributed by atoms with Gasteiger partial charge in [-0.25, -0.2) is 0 Å². The van der Waals surface area contributed by atoms with Crippen molar-refractivity contribution in [3.05, 3.63) is 35.9 Å². The minimum atomic E-state index is -0.512. The molecule has 0 aromatic heterocycles. The summed E-state index contributed by atoms with van der Waals surface area (Å²) < 4.78 is 0. The lowest BCUT2D eigenvalue weighted by Crippen LogP contribution is -2.45. The highest BCUT2D eigenvalue weighted by Gasteiger charge is 2.59. The summed E-state index contributed by atoms with van der Waals surface area (Å²) in [6.45, 7) is 7.80. The van der Waals surface area contributed by atoms with E-state index in [-0.39, 0.29) is 5.91 Å². The van der Waals surface area contributed by atoms with Gasteiger partial charge in [0.1, 0.15) is 11.4 Å². The summed E-state index contributed by atoms with van der Waals surface area (Å²) in [5, 5.41) is 3.06. The van der Waals surface area contributed by atoms with Crippen LogP contribution in [-0.4, -0.2) is 41.8 Å². The van der Waals surface area contributed by atoms with E-state index in [1.807, 2.05) is 30.3 Å². The average Bonchev–Trinajstić information content (AvgIpc) is 3.16. The molecule has 4 rings (SSSR count). The molecule has 1 spiro atoms. The molecular weight excluding hydrogens is 286 g/mol. The second-order valence-electron chi connectivity index (χ2n) is 7.72. The number of benzene rings is 1. The van der Waals surface area contributed by atoms with Gasteiger partial charge in [-0.1, -0.05) is 44.2 Å². The summed E-state index contributed by atoms with van der Waals surface area (Å²) in [6.07, 6.45) is 2.03. The third-order valence-corrected chi connectivity index (χ3v) is 5.63. The molecule has 1 saturated carbocycles. The number of rotatable bonds is 3. The van der Waals surface area contributed by atoms with E-state index in [4.69, 9.17) is 4.99 Å². The molecule has 1 N–H and O–H groups in total. The zero-order chi connectivity index (χ0) is 16.0. The smallest absolute Gasteiger partial charge is 0.253 e. The van der Waals surface area contributed by atoms with Crippen LogP contribution in [0.15, 0.2) is 35.3 Å². The first kappa shape index (κ1) is 14.9. The van der Waals surface area contributed by atoms with Gasteiger partial charge in [-0.05, 0) is 24.7 Å². The molecule has 2 aliphatic heterocycles. The van der Waals surface area contributed by atoms with Crippen molar-refractivity contribution in [3.8, 4) is 0 Å². The number of amidine groups is 1. The zero-order valence-corrected chi connectivity index (χ0v) is 14.0. The Labute approximate surface area is 138 Å². The normalized spacial score (nSPS) is 33.3. The van der Waals surface area contributed by atoms with Gasteiger partial charge >= 0.3 is 0 Å². The van der Waals surface area contributed by atoms with Gasteiger partial charge in [0.15, 0.2) is 0 Å². The molecule has 3 aliphatic rings. The molecule has 1 aromatic rings. The van der Waals surface area contributed by atoms with Gasteiger partial charge in [0.25, 0.3) is 5.91 Å². The van der Waals surface area contributed by atoms with Crippen molar-refractivity contribution in [2.75, 3.05) is 19.6 Å². The van der Waals surface area contributed by atoms with Crippen LogP contribution in [0.25, 0.3) is 0 Å². The van der Waals surface area contributed by atoms with Crippen LogP contribution >= 0.6 is 0 Å². The van der Waals surface area contributed by atoms with E-state index in [0.717, 1.165) is 43.9 Å². The first-order chi connectivity index (χ1) is 11.1. The highest BCUT2D eigenvalue weighted by atomic mass is 16.2. The standard InChI is InChI=1S/C19H25N3O/c1-13(2)10-22-11-15-8-9-19(16(15)12-22)18(23)20-17(21-19)14-6-4-3-5-7-14/h3-7,13,15-16H,8-12H2,1-2H3,(H,20,21,23)/t15-,16+,19-/m0/s1. The summed E-state index contributed by atoms with van der Waals surface area (Å²) in [5.41, 5.74) is 0.500. The second kappa shape index (κ2) is 5.45. The molecule has 4 nitrogen and oxygen atoms in total. The van der Waals surface area contributed by atoms with E-state index in [9.17, 15) is 4.79 Å². The molecule has 1 amide bonds. The molecule has 4 heteroatoms. The number of amides is 1. The van der Waals surface area contributed by atoms with Crippen molar-refractivity contribution < 1.29 is 4.79 Å². The number of carbonyl (C=O) groups excluding carboxylic acids is 1. The monoisotopic (exact) mass is 311 g/mol. The van der Waals surface area contributed by atoms with E-state index in [2.05, 4.69) is 24.1 Å². The average molecular weight is 311 g/mol. The quantitative estimate of drug-likeness (QED) is 0.931. The van der Waals surface area contributed by atoms with Gasteiger partial charge in [-0.15, -0.1) is 0 Å². The van der Waals surface area contributed by atoms with E-state index in [1.54, 1.807) is 0 Å². The second-order valence-corrected chi connectivity index (χ2v) is 7.72. The van der Waals surface area contributed by atoms with Crippen LogP contribution in [0.3, 0.4) is 0 Å². The molecule has 2 heterocycles. The van der Waals surface area contributed by atoms with Crippen LogP contribution in [0.1, 0.15) is 32.3 Å².